The van der Waals surface area contributed by atoms with Crippen LogP contribution in [0.5, 0.6) is 0 Å². The molecule has 1 amide bonds. The maximum absolute atomic E-state index is 13.6. The second kappa shape index (κ2) is 8.41. The molecule has 7 heteroatoms. The fraction of sp³-hybridized carbons (Fsp3) is 0.533. The van der Waals surface area contributed by atoms with Gasteiger partial charge in [0.25, 0.3) is 0 Å². The Morgan fingerprint density at radius 1 is 1.41 bits per heavy atom. The Morgan fingerprint density at radius 3 is 2.64 bits per heavy atom. The van der Waals surface area contributed by atoms with Gasteiger partial charge in [-0.3, -0.25) is 4.79 Å². The van der Waals surface area contributed by atoms with Crippen molar-refractivity contribution in [2.24, 2.45) is 11.7 Å². The van der Waals surface area contributed by atoms with Crippen molar-refractivity contribution < 1.29 is 18.3 Å². The molecule has 22 heavy (non-hydrogen) atoms. The first-order valence-electron chi connectivity index (χ1n) is 7.01. The lowest BCUT2D eigenvalue weighted by atomic mass is 9.91. The standard InChI is InChI=1S/C15H20F2N2O2.ClH/c1-19(9-11-2-3-12(16)8-13(11)17)15(20)14(18)10-4-6-21-7-5-10;/h2-3,8,10,14H,4-7,9,18H2,1H3;1H. The summed E-state index contributed by atoms with van der Waals surface area (Å²) in [5.41, 5.74) is 6.28. The Kier molecular flexibility index (Phi) is 7.19. The highest BCUT2D eigenvalue weighted by molar-refractivity contribution is 5.85. The predicted molar refractivity (Wildman–Crippen MR) is 81.6 cm³/mol. The molecule has 124 valence electrons. The summed E-state index contributed by atoms with van der Waals surface area (Å²) in [7, 11) is 1.57. The van der Waals surface area contributed by atoms with Gasteiger partial charge >= 0.3 is 0 Å². The zero-order valence-corrected chi connectivity index (χ0v) is 13.2. The van der Waals surface area contributed by atoms with E-state index < -0.39 is 17.7 Å². The van der Waals surface area contributed by atoms with Crippen molar-refractivity contribution in [3.05, 3.63) is 35.4 Å². The number of nitrogens with zero attached hydrogens (tertiary/aromatic N) is 1. The zero-order chi connectivity index (χ0) is 15.4. The Morgan fingerprint density at radius 2 is 2.05 bits per heavy atom. The molecule has 0 bridgehead atoms. The first kappa shape index (κ1) is 18.8. The molecule has 1 aromatic rings. The molecule has 2 N–H and O–H groups in total. The molecule has 1 aliphatic heterocycles. The Labute approximate surface area is 135 Å². The number of hydrogen-bond acceptors (Lipinski definition) is 3. The molecule has 0 spiro atoms. The average molecular weight is 335 g/mol. The molecule has 1 atom stereocenters. The summed E-state index contributed by atoms with van der Waals surface area (Å²) in [6.07, 6.45) is 1.51. The number of rotatable bonds is 4. The van der Waals surface area contributed by atoms with Gasteiger partial charge in [-0.05, 0) is 24.8 Å². The van der Waals surface area contributed by atoms with Crippen LogP contribution >= 0.6 is 12.4 Å². The van der Waals surface area contributed by atoms with Crippen LogP contribution in [0.25, 0.3) is 0 Å². The molecule has 1 unspecified atom stereocenters. The summed E-state index contributed by atoms with van der Waals surface area (Å²) in [5, 5.41) is 0. The number of benzene rings is 1. The van der Waals surface area contributed by atoms with Gasteiger partial charge in [-0.2, -0.15) is 0 Å². The minimum atomic E-state index is -0.658. The van der Waals surface area contributed by atoms with Crippen molar-refractivity contribution in [2.45, 2.75) is 25.4 Å². The topological polar surface area (TPSA) is 55.6 Å². The monoisotopic (exact) mass is 334 g/mol. The number of carbonyl (C=O) groups excluding carboxylic acids is 1. The summed E-state index contributed by atoms with van der Waals surface area (Å²) in [4.78, 5) is 13.7. The van der Waals surface area contributed by atoms with E-state index in [0.717, 1.165) is 18.9 Å². The van der Waals surface area contributed by atoms with Gasteiger partial charge in [-0.1, -0.05) is 6.07 Å². The van der Waals surface area contributed by atoms with Gasteiger partial charge in [-0.25, -0.2) is 8.78 Å². The van der Waals surface area contributed by atoms with Crippen LogP contribution in [0.3, 0.4) is 0 Å². The number of carbonyl (C=O) groups is 1. The second-order valence-corrected chi connectivity index (χ2v) is 5.41. The first-order chi connectivity index (χ1) is 9.99. The van der Waals surface area contributed by atoms with Crippen LogP contribution in [0.4, 0.5) is 8.78 Å². The van der Waals surface area contributed by atoms with Crippen LogP contribution < -0.4 is 5.73 Å². The third-order valence-electron chi connectivity index (χ3n) is 3.86. The molecule has 1 fully saturated rings. The number of likely N-dealkylation sites (N-methyl/N-ethyl adjacent to an activating group) is 1. The fourth-order valence-corrected chi connectivity index (χ4v) is 2.51. The summed E-state index contributed by atoms with van der Waals surface area (Å²) in [6, 6.07) is 2.72. The first-order valence-corrected chi connectivity index (χ1v) is 7.01. The number of amides is 1. The van der Waals surface area contributed by atoms with Gasteiger partial charge < -0.3 is 15.4 Å². The van der Waals surface area contributed by atoms with Gasteiger partial charge in [0.2, 0.25) is 5.91 Å². The molecule has 2 rings (SSSR count). The molecular weight excluding hydrogens is 314 g/mol. The molecule has 0 saturated carbocycles. The Bertz CT molecular complexity index is 510. The number of hydrogen-bond donors (Lipinski definition) is 1. The lowest BCUT2D eigenvalue weighted by Gasteiger charge is -2.29. The van der Waals surface area contributed by atoms with Crippen molar-refractivity contribution in [3.8, 4) is 0 Å². The van der Waals surface area contributed by atoms with Gasteiger partial charge in [0.15, 0.2) is 0 Å². The van der Waals surface area contributed by atoms with E-state index in [1.807, 2.05) is 0 Å². The summed E-state index contributed by atoms with van der Waals surface area (Å²) in [5.74, 6) is -1.43. The summed E-state index contributed by atoms with van der Waals surface area (Å²) in [6.45, 7) is 1.30. The minimum absolute atomic E-state index is 0. The van der Waals surface area contributed by atoms with Crippen LogP contribution in [0, 0.1) is 17.6 Å². The van der Waals surface area contributed by atoms with Gasteiger partial charge in [0.1, 0.15) is 11.6 Å². The number of ether oxygens (including phenoxy) is 1. The highest BCUT2D eigenvalue weighted by Gasteiger charge is 2.28. The van der Waals surface area contributed by atoms with E-state index in [9.17, 15) is 13.6 Å². The highest BCUT2D eigenvalue weighted by atomic mass is 35.5. The molecular formula is C15H21ClF2N2O2. The molecule has 1 aromatic carbocycles. The van der Waals surface area contributed by atoms with Crippen LogP contribution in [0.2, 0.25) is 0 Å². The van der Waals surface area contributed by atoms with E-state index in [0.29, 0.717) is 13.2 Å². The van der Waals surface area contributed by atoms with Crippen molar-refractivity contribution in [2.75, 3.05) is 20.3 Å². The molecule has 4 nitrogen and oxygen atoms in total. The van der Waals surface area contributed by atoms with Gasteiger partial charge in [0, 0.05) is 38.4 Å². The number of halogens is 3. The SMILES string of the molecule is CN(Cc1ccc(F)cc1F)C(=O)C(N)C1CCOCC1.Cl. The largest absolute Gasteiger partial charge is 0.381 e. The van der Waals surface area contributed by atoms with Crippen LogP contribution in [-0.2, 0) is 16.1 Å². The number of nitrogens with two attached hydrogens (primary N) is 1. The van der Waals surface area contributed by atoms with E-state index in [4.69, 9.17) is 10.5 Å². The van der Waals surface area contributed by atoms with E-state index >= 15 is 0 Å². The van der Waals surface area contributed by atoms with Gasteiger partial charge in [-0.15, -0.1) is 12.4 Å². The van der Waals surface area contributed by atoms with E-state index in [1.54, 1.807) is 7.05 Å². The molecule has 1 saturated heterocycles. The van der Waals surface area contributed by atoms with Crippen LogP contribution in [0.1, 0.15) is 18.4 Å². The molecule has 0 radical (unpaired) electrons. The normalized spacial score (nSPS) is 16.7. The quantitative estimate of drug-likeness (QED) is 0.917. The molecule has 0 aliphatic carbocycles. The second-order valence-electron chi connectivity index (χ2n) is 5.41. The lowest BCUT2D eigenvalue weighted by Crippen LogP contribution is -2.47. The van der Waals surface area contributed by atoms with Crippen LogP contribution in [0.15, 0.2) is 18.2 Å². The maximum Gasteiger partial charge on any atom is 0.239 e. The van der Waals surface area contributed by atoms with E-state index in [1.165, 1.54) is 17.0 Å². The fourth-order valence-electron chi connectivity index (χ4n) is 2.51. The zero-order valence-electron chi connectivity index (χ0n) is 12.4. The summed E-state index contributed by atoms with van der Waals surface area (Å²) < 4.78 is 31.7. The molecule has 0 aromatic heterocycles. The average Bonchev–Trinajstić information content (AvgIpc) is 2.49. The third-order valence-corrected chi connectivity index (χ3v) is 3.86. The van der Waals surface area contributed by atoms with Crippen molar-refractivity contribution >= 4 is 18.3 Å². The van der Waals surface area contributed by atoms with Crippen LogP contribution in [-0.4, -0.2) is 37.1 Å². The lowest BCUT2D eigenvalue weighted by molar-refractivity contribution is -0.133. The molecule has 1 heterocycles. The smallest absolute Gasteiger partial charge is 0.239 e. The Balaban J connectivity index is 0.00000242. The van der Waals surface area contributed by atoms with Crippen molar-refractivity contribution in [1.82, 2.24) is 4.90 Å². The predicted octanol–water partition coefficient (Wildman–Crippen LogP) is 2.10. The highest BCUT2D eigenvalue weighted by Crippen LogP contribution is 2.19. The van der Waals surface area contributed by atoms with Crippen molar-refractivity contribution in [3.63, 3.8) is 0 Å². The third kappa shape index (κ3) is 4.63. The summed E-state index contributed by atoms with van der Waals surface area (Å²) >= 11 is 0. The maximum atomic E-state index is 13.6. The molecule has 1 aliphatic rings. The Hall–Kier alpha value is -1.24. The van der Waals surface area contributed by atoms with Crippen molar-refractivity contribution in [1.29, 1.82) is 0 Å². The van der Waals surface area contributed by atoms with E-state index in [2.05, 4.69) is 0 Å². The van der Waals surface area contributed by atoms with Gasteiger partial charge in [0.05, 0.1) is 6.04 Å². The van der Waals surface area contributed by atoms with E-state index in [-0.39, 0.29) is 36.3 Å². The minimum Gasteiger partial charge on any atom is -0.381 e.